The van der Waals surface area contributed by atoms with E-state index in [2.05, 4.69) is 24.2 Å². The van der Waals surface area contributed by atoms with Crippen LogP contribution in [0.5, 0.6) is 0 Å². The van der Waals surface area contributed by atoms with E-state index in [0.29, 0.717) is 0 Å². The number of nitrogens with one attached hydrogen (secondary N) is 1. The van der Waals surface area contributed by atoms with Crippen molar-refractivity contribution in [1.29, 1.82) is 0 Å². The van der Waals surface area contributed by atoms with Gasteiger partial charge in [-0.2, -0.15) is 0 Å². The molecule has 0 radical (unpaired) electrons. The molecule has 120 valence electrons. The number of urea groups is 1. The summed E-state index contributed by atoms with van der Waals surface area (Å²) in [7, 11) is 0. The Morgan fingerprint density at radius 2 is 1.73 bits per heavy atom. The van der Waals surface area contributed by atoms with Crippen molar-refractivity contribution < 1.29 is 4.79 Å². The molecule has 1 aromatic carbocycles. The van der Waals surface area contributed by atoms with E-state index in [1.165, 1.54) is 0 Å². The van der Waals surface area contributed by atoms with Crippen molar-refractivity contribution in [1.82, 2.24) is 10.2 Å². The van der Waals surface area contributed by atoms with Crippen LogP contribution < -0.4 is 5.32 Å². The van der Waals surface area contributed by atoms with Crippen molar-refractivity contribution in [3.63, 3.8) is 0 Å². The van der Waals surface area contributed by atoms with E-state index in [1.807, 2.05) is 55.2 Å². The van der Waals surface area contributed by atoms with Crippen LogP contribution in [0.3, 0.4) is 0 Å². The lowest BCUT2D eigenvalue weighted by Gasteiger charge is -2.22. The largest absolute Gasteiger partial charge is 0.325 e. The van der Waals surface area contributed by atoms with Crippen molar-refractivity contribution >= 4 is 17.4 Å². The summed E-state index contributed by atoms with van der Waals surface area (Å²) < 4.78 is 0. The Labute approximate surface area is 133 Å². The maximum absolute atomic E-state index is 12.2. The molecule has 0 heterocycles. The Morgan fingerprint density at radius 3 is 2.27 bits per heavy atom. The Balaban J connectivity index is 2.68. The number of para-hydroxylation sites is 1. The molecule has 0 fully saturated rings. The summed E-state index contributed by atoms with van der Waals surface area (Å²) in [4.78, 5) is 18.6. The zero-order valence-corrected chi connectivity index (χ0v) is 14.1. The number of carbonyl (C=O) groups is 1. The summed E-state index contributed by atoms with van der Waals surface area (Å²) in [5.74, 6) is 0. The van der Waals surface area contributed by atoms with Crippen molar-refractivity contribution in [2.75, 3.05) is 13.1 Å². The second-order valence-electron chi connectivity index (χ2n) is 5.33. The molecule has 4 heteroatoms. The average Bonchev–Trinajstić information content (AvgIpc) is 2.47. The minimum Gasteiger partial charge on any atom is -0.325 e. The Morgan fingerprint density at radius 1 is 1.14 bits per heavy atom. The minimum absolute atomic E-state index is 0.0371. The van der Waals surface area contributed by atoms with Crippen LogP contribution in [0.2, 0.25) is 0 Å². The first-order valence-corrected chi connectivity index (χ1v) is 7.91. The van der Waals surface area contributed by atoms with Gasteiger partial charge in [0.15, 0.2) is 0 Å². The molecule has 1 rings (SSSR count). The lowest BCUT2D eigenvalue weighted by molar-refractivity contribution is 0.200. The molecule has 0 unspecified atom stereocenters. The highest BCUT2D eigenvalue weighted by Crippen LogP contribution is 2.10. The number of nitrogens with zero attached hydrogens (tertiary/aromatic N) is 2. The molecular weight excluding hydrogens is 274 g/mol. The zero-order chi connectivity index (χ0) is 16.4. The number of allylic oxidation sites excluding steroid dienone is 2. The molecule has 0 saturated heterocycles. The first-order valence-electron chi connectivity index (χ1n) is 7.91. The van der Waals surface area contributed by atoms with Gasteiger partial charge in [-0.15, -0.1) is 0 Å². The summed E-state index contributed by atoms with van der Waals surface area (Å²) in [6.45, 7) is 9.54. The summed E-state index contributed by atoms with van der Waals surface area (Å²) >= 11 is 0. The molecule has 22 heavy (non-hydrogen) atoms. The van der Waals surface area contributed by atoms with Crippen LogP contribution >= 0.6 is 0 Å². The van der Waals surface area contributed by atoms with Gasteiger partial charge in [0.05, 0.1) is 5.69 Å². The van der Waals surface area contributed by atoms with Gasteiger partial charge in [-0.05, 0) is 44.9 Å². The van der Waals surface area contributed by atoms with Gasteiger partial charge in [0, 0.05) is 24.5 Å². The van der Waals surface area contributed by atoms with Crippen molar-refractivity contribution in [3.05, 3.63) is 42.1 Å². The average molecular weight is 301 g/mol. The molecule has 1 aromatic rings. The van der Waals surface area contributed by atoms with Crippen LogP contribution in [-0.4, -0.2) is 29.7 Å². The Kier molecular flexibility index (Phi) is 7.97. The van der Waals surface area contributed by atoms with Gasteiger partial charge in [0.1, 0.15) is 0 Å². The third-order valence-corrected chi connectivity index (χ3v) is 3.07. The van der Waals surface area contributed by atoms with Gasteiger partial charge < -0.3 is 10.2 Å². The Hall–Kier alpha value is -2.10. The first kappa shape index (κ1) is 18.0. The second kappa shape index (κ2) is 9.77. The smallest absolute Gasteiger partial charge is 0.321 e. The highest BCUT2D eigenvalue weighted by Gasteiger charge is 2.11. The van der Waals surface area contributed by atoms with E-state index in [-0.39, 0.29) is 6.03 Å². The predicted molar refractivity (Wildman–Crippen MR) is 93.7 cm³/mol. The quantitative estimate of drug-likeness (QED) is 0.740. The molecule has 0 atom stereocenters. The van der Waals surface area contributed by atoms with E-state index in [9.17, 15) is 4.79 Å². The number of benzene rings is 1. The van der Waals surface area contributed by atoms with Gasteiger partial charge in [-0.1, -0.05) is 32.0 Å². The van der Waals surface area contributed by atoms with E-state index in [1.54, 1.807) is 0 Å². The normalized spacial score (nSPS) is 12.2. The van der Waals surface area contributed by atoms with Crippen LogP contribution in [0, 0.1) is 0 Å². The molecule has 0 aliphatic carbocycles. The second-order valence-corrected chi connectivity index (χ2v) is 5.33. The molecule has 0 spiro atoms. The lowest BCUT2D eigenvalue weighted by atomic mass is 10.3. The number of amides is 2. The molecular formula is C18H27N3O. The van der Waals surface area contributed by atoms with Crippen LogP contribution in [0.4, 0.5) is 10.5 Å². The topological polar surface area (TPSA) is 44.7 Å². The summed E-state index contributed by atoms with van der Waals surface area (Å²) in [6, 6.07) is 9.75. The fourth-order valence-corrected chi connectivity index (χ4v) is 2.19. The van der Waals surface area contributed by atoms with Crippen LogP contribution in [-0.2, 0) is 0 Å². The van der Waals surface area contributed by atoms with Gasteiger partial charge in [0.25, 0.3) is 0 Å². The van der Waals surface area contributed by atoms with Crippen molar-refractivity contribution in [2.24, 2.45) is 4.99 Å². The van der Waals surface area contributed by atoms with Crippen LogP contribution in [0.25, 0.3) is 0 Å². The SMILES string of the molecule is CCCN(CCC)C(=O)NC(C)=CC(C)=Nc1ccccc1. The molecule has 0 aliphatic heterocycles. The van der Waals surface area contributed by atoms with Gasteiger partial charge in [-0.3, -0.25) is 4.99 Å². The molecule has 0 saturated carbocycles. The van der Waals surface area contributed by atoms with E-state index in [4.69, 9.17) is 0 Å². The minimum atomic E-state index is -0.0371. The number of rotatable bonds is 7. The zero-order valence-electron chi connectivity index (χ0n) is 14.1. The van der Waals surface area contributed by atoms with E-state index in [0.717, 1.165) is 43.0 Å². The standard InChI is InChI=1S/C18H27N3O/c1-5-12-21(13-6-2)18(22)20-16(4)14-15(3)19-17-10-8-7-9-11-17/h7-11,14H,5-6,12-13H2,1-4H3,(H,20,22). The van der Waals surface area contributed by atoms with Gasteiger partial charge in [0.2, 0.25) is 0 Å². The predicted octanol–water partition coefficient (Wildman–Crippen LogP) is 4.51. The third-order valence-electron chi connectivity index (χ3n) is 3.07. The molecule has 0 aromatic heterocycles. The molecule has 0 bridgehead atoms. The van der Waals surface area contributed by atoms with Crippen molar-refractivity contribution in [3.8, 4) is 0 Å². The van der Waals surface area contributed by atoms with Gasteiger partial charge >= 0.3 is 6.03 Å². The number of hydrogen-bond donors (Lipinski definition) is 1. The van der Waals surface area contributed by atoms with Crippen LogP contribution in [0.15, 0.2) is 47.1 Å². The van der Waals surface area contributed by atoms with Gasteiger partial charge in [-0.25, -0.2) is 4.79 Å². The van der Waals surface area contributed by atoms with E-state index >= 15 is 0 Å². The monoisotopic (exact) mass is 301 g/mol. The molecule has 4 nitrogen and oxygen atoms in total. The highest BCUT2D eigenvalue weighted by molar-refractivity contribution is 5.95. The van der Waals surface area contributed by atoms with Crippen LogP contribution in [0.1, 0.15) is 40.5 Å². The van der Waals surface area contributed by atoms with E-state index < -0.39 is 0 Å². The summed E-state index contributed by atoms with van der Waals surface area (Å²) in [5.41, 5.74) is 2.58. The summed E-state index contributed by atoms with van der Waals surface area (Å²) in [5, 5.41) is 2.93. The molecule has 0 aliphatic rings. The number of aliphatic imine (C=N–C) groups is 1. The number of hydrogen-bond acceptors (Lipinski definition) is 2. The first-order chi connectivity index (χ1) is 10.6. The lowest BCUT2D eigenvalue weighted by Crippen LogP contribution is -2.40. The Bertz CT molecular complexity index is 514. The van der Waals surface area contributed by atoms with Crippen molar-refractivity contribution in [2.45, 2.75) is 40.5 Å². The molecule has 1 N–H and O–H groups in total. The fourth-order valence-electron chi connectivity index (χ4n) is 2.19. The third kappa shape index (κ3) is 6.57. The summed E-state index contributed by atoms with van der Waals surface area (Å²) in [6.07, 6.45) is 3.82. The molecule has 2 amide bonds. The highest BCUT2D eigenvalue weighted by atomic mass is 16.2. The maximum atomic E-state index is 12.2. The maximum Gasteiger partial charge on any atom is 0.321 e. The number of carbonyl (C=O) groups excluding carboxylic acids is 1. The fraction of sp³-hybridized carbons (Fsp3) is 0.444.